The van der Waals surface area contributed by atoms with E-state index >= 15 is 0 Å². The van der Waals surface area contributed by atoms with Crippen molar-refractivity contribution in [3.63, 3.8) is 0 Å². The summed E-state index contributed by atoms with van der Waals surface area (Å²) in [7, 11) is 0. The highest BCUT2D eigenvalue weighted by atomic mass is 32.2. The minimum absolute atomic E-state index is 0.142. The van der Waals surface area contributed by atoms with Gasteiger partial charge in [-0.25, -0.2) is 0 Å². The summed E-state index contributed by atoms with van der Waals surface area (Å²) in [6.07, 6.45) is 16.0. The van der Waals surface area contributed by atoms with E-state index in [2.05, 4.69) is 34.2 Å². The Hall–Kier alpha value is -0.100. The molecule has 0 aromatic rings. The van der Waals surface area contributed by atoms with E-state index in [9.17, 15) is 0 Å². The fourth-order valence-corrected chi connectivity index (χ4v) is 8.71. The van der Waals surface area contributed by atoms with Gasteiger partial charge in [0.25, 0.3) is 0 Å². The van der Waals surface area contributed by atoms with Crippen LogP contribution in [0.5, 0.6) is 0 Å². The van der Waals surface area contributed by atoms with Gasteiger partial charge in [-0.05, 0) is 55.8 Å². The lowest BCUT2D eigenvalue weighted by atomic mass is 9.71. The molecule has 3 fully saturated rings. The second kappa shape index (κ2) is 7.14. The Labute approximate surface area is 159 Å². The van der Waals surface area contributed by atoms with Gasteiger partial charge in [0.05, 0.1) is 23.3 Å². The number of ether oxygens (including phenoxy) is 2. The van der Waals surface area contributed by atoms with Gasteiger partial charge in [0, 0.05) is 30.7 Å². The molecule has 5 rings (SSSR count). The maximum Gasteiger partial charge on any atom is 0.121 e. The predicted octanol–water partition coefficient (Wildman–Crippen LogP) is 4.40. The van der Waals surface area contributed by atoms with Gasteiger partial charge < -0.3 is 9.47 Å². The van der Waals surface area contributed by atoms with Crippen LogP contribution in [0, 0.1) is 5.92 Å². The SMILES string of the molecule is C1=CSC(N2CCC(C3CCCO3)C2(C2CC=CO2)C2CCCS2)C1. The molecule has 0 aliphatic carbocycles. The molecule has 0 aromatic carbocycles. The molecule has 0 amide bonds. The van der Waals surface area contributed by atoms with Gasteiger partial charge in [0.2, 0.25) is 0 Å². The van der Waals surface area contributed by atoms with Crippen molar-refractivity contribution in [2.75, 3.05) is 18.9 Å². The molecule has 3 nitrogen and oxygen atoms in total. The minimum Gasteiger partial charge on any atom is -0.496 e. The molecule has 25 heavy (non-hydrogen) atoms. The molecule has 6 unspecified atom stereocenters. The highest BCUT2D eigenvalue weighted by Crippen LogP contribution is 2.56. The number of hydrogen-bond acceptors (Lipinski definition) is 5. The highest BCUT2D eigenvalue weighted by Gasteiger charge is 2.63. The largest absolute Gasteiger partial charge is 0.496 e. The molecule has 0 saturated carbocycles. The summed E-state index contributed by atoms with van der Waals surface area (Å²) >= 11 is 4.24. The van der Waals surface area contributed by atoms with Crippen molar-refractivity contribution >= 4 is 23.5 Å². The summed E-state index contributed by atoms with van der Waals surface area (Å²) in [5.74, 6) is 1.94. The molecule has 6 atom stereocenters. The summed E-state index contributed by atoms with van der Waals surface area (Å²) in [6, 6.07) is 0. The molecule has 5 heteroatoms. The van der Waals surface area contributed by atoms with Crippen molar-refractivity contribution in [3.05, 3.63) is 23.8 Å². The summed E-state index contributed by atoms with van der Waals surface area (Å²) in [5, 5.41) is 3.59. The van der Waals surface area contributed by atoms with Crippen LogP contribution in [0.3, 0.4) is 0 Å². The average Bonchev–Trinajstić information content (AvgIpc) is 3.48. The molecule has 138 valence electrons. The highest BCUT2D eigenvalue weighted by molar-refractivity contribution is 8.02. The lowest BCUT2D eigenvalue weighted by molar-refractivity contribution is -0.0709. The zero-order chi connectivity index (χ0) is 16.7. The van der Waals surface area contributed by atoms with Gasteiger partial charge in [-0.3, -0.25) is 4.90 Å². The van der Waals surface area contributed by atoms with Gasteiger partial charge in [0.15, 0.2) is 0 Å². The van der Waals surface area contributed by atoms with Gasteiger partial charge in [-0.1, -0.05) is 6.08 Å². The third-order valence-electron chi connectivity index (χ3n) is 6.85. The summed E-state index contributed by atoms with van der Waals surface area (Å²) in [5.41, 5.74) is 0.142. The topological polar surface area (TPSA) is 21.7 Å². The number of nitrogens with zero attached hydrogens (tertiary/aromatic N) is 1. The maximum atomic E-state index is 6.31. The summed E-state index contributed by atoms with van der Waals surface area (Å²) in [6.45, 7) is 2.17. The van der Waals surface area contributed by atoms with E-state index in [4.69, 9.17) is 9.47 Å². The van der Waals surface area contributed by atoms with Crippen molar-refractivity contribution in [2.45, 2.75) is 73.3 Å². The van der Waals surface area contributed by atoms with E-state index in [1.54, 1.807) is 0 Å². The number of likely N-dealkylation sites (tertiary alicyclic amines) is 1. The van der Waals surface area contributed by atoms with Gasteiger partial charge in [0.1, 0.15) is 6.10 Å². The Morgan fingerprint density at radius 3 is 2.76 bits per heavy atom. The first-order chi connectivity index (χ1) is 12.4. The van der Waals surface area contributed by atoms with Crippen molar-refractivity contribution < 1.29 is 9.47 Å². The molecular formula is C20H29NO2S2. The lowest BCUT2D eigenvalue weighted by Gasteiger charge is -2.52. The standard InChI is InChI=1S/C20H29NO2S2/c1-5-16(22-11-1)15-9-10-21(19-8-4-14-25-19)20(15,17-6-2-12-23-17)18-7-3-13-24-18/h2,4,12,14-19H,1,3,5-11,13H2. The fraction of sp³-hybridized carbons (Fsp3) is 0.800. The first-order valence-corrected chi connectivity index (χ1v) is 12.0. The Morgan fingerprint density at radius 2 is 2.08 bits per heavy atom. The first kappa shape index (κ1) is 17.0. The smallest absolute Gasteiger partial charge is 0.121 e. The molecule has 5 heterocycles. The van der Waals surface area contributed by atoms with Gasteiger partial charge in [-0.2, -0.15) is 11.8 Å². The fourth-order valence-electron chi connectivity index (χ4n) is 5.97. The summed E-state index contributed by atoms with van der Waals surface area (Å²) < 4.78 is 12.6. The van der Waals surface area contributed by atoms with Crippen molar-refractivity contribution in [1.82, 2.24) is 4.90 Å². The zero-order valence-corrected chi connectivity index (χ0v) is 16.5. The van der Waals surface area contributed by atoms with Crippen LogP contribution in [0.1, 0.15) is 44.9 Å². The lowest BCUT2D eigenvalue weighted by Crippen LogP contribution is -2.65. The second-order valence-electron chi connectivity index (χ2n) is 7.96. The molecule has 0 aromatic heterocycles. The summed E-state index contributed by atoms with van der Waals surface area (Å²) in [4.78, 5) is 2.88. The molecule has 0 spiro atoms. The average molecular weight is 380 g/mol. The maximum absolute atomic E-state index is 6.31. The first-order valence-electron chi connectivity index (χ1n) is 10.0. The Morgan fingerprint density at radius 1 is 1.08 bits per heavy atom. The molecule has 0 N–H and O–H groups in total. The van der Waals surface area contributed by atoms with Crippen LogP contribution in [0.2, 0.25) is 0 Å². The van der Waals surface area contributed by atoms with E-state index in [1.165, 1.54) is 50.8 Å². The molecule has 3 saturated heterocycles. The number of hydrogen-bond donors (Lipinski definition) is 0. The Bertz CT molecular complexity index is 510. The predicted molar refractivity (Wildman–Crippen MR) is 106 cm³/mol. The zero-order valence-electron chi connectivity index (χ0n) is 14.8. The van der Waals surface area contributed by atoms with Crippen LogP contribution in [-0.4, -0.2) is 52.2 Å². The number of rotatable bonds is 4. The van der Waals surface area contributed by atoms with Crippen molar-refractivity contribution in [3.8, 4) is 0 Å². The van der Waals surface area contributed by atoms with Gasteiger partial charge >= 0.3 is 0 Å². The van der Waals surface area contributed by atoms with Crippen LogP contribution < -0.4 is 0 Å². The Kier molecular flexibility index (Phi) is 4.86. The van der Waals surface area contributed by atoms with Crippen molar-refractivity contribution in [1.29, 1.82) is 0 Å². The third-order valence-corrected chi connectivity index (χ3v) is 9.50. The van der Waals surface area contributed by atoms with Crippen molar-refractivity contribution in [2.24, 2.45) is 5.92 Å². The van der Waals surface area contributed by atoms with Crippen LogP contribution in [-0.2, 0) is 9.47 Å². The second-order valence-corrected chi connectivity index (χ2v) is 10.4. The van der Waals surface area contributed by atoms with Gasteiger partial charge in [-0.15, -0.1) is 11.8 Å². The molecule has 5 aliphatic heterocycles. The normalized spacial score (nSPS) is 47.1. The Balaban J connectivity index is 1.55. The van der Waals surface area contributed by atoms with E-state index < -0.39 is 0 Å². The molecule has 0 bridgehead atoms. The molecule has 0 radical (unpaired) electrons. The van der Waals surface area contributed by atoms with Crippen LogP contribution in [0.4, 0.5) is 0 Å². The molecule has 5 aliphatic rings. The monoisotopic (exact) mass is 379 g/mol. The molecular weight excluding hydrogens is 350 g/mol. The minimum atomic E-state index is 0.142. The van der Waals surface area contributed by atoms with E-state index in [0.29, 0.717) is 28.7 Å². The van der Waals surface area contributed by atoms with Crippen LogP contribution >= 0.6 is 23.5 Å². The quantitative estimate of drug-likeness (QED) is 0.720. The van der Waals surface area contributed by atoms with E-state index in [0.717, 1.165) is 13.0 Å². The van der Waals surface area contributed by atoms with Crippen LogP contribution in [0.15, 0.2) is 23.8 Å². The van der Waals surface area contributed by atoms with E-state index in [1.807, 2.05) is 18.0 Å². The number of thioether (sulfide) groups is 2. The van der Waals surface area contributed by atoms with Crippen LogP contribution in [0.25, 0.3) is 0 Å². The third kappa shape index (κ3) is 2.72. The van der Waals surface area contributed by atoms with E-state index in [-0.39, 0.29) is 5.54 Å².